The zero-order chi connectivity index (χ0) is 13.0. The van der Waals surface area contributed by atoms with Crippen LogP contribution in [0.2, 0.25) is 0 Å². The third-order valence-electron chi connectivity index (χ3n) is 2.79. The van der Waals surface area contributed by atoms with Crippen molar-refractivity contribution >= 4 is 15.8 Å². The molecule has 0 aromatic carbocycles. The summed E-state index contributed by atoms with van der Waals surface area (Å²) in [6, 6.07) is 3.25. The topological polar surface area (TPSA) is 74.3 Å². The van der Waals surface area contributed by atoms with Crippen LogP contribution in [0.4, 0.5) is 5.82 Å². The van der Waals surface area contributed by atoms with E-state index in [2.05, 4.69) is 15.0 Å². The van der Waals surface area contributed by atoms with Gasteiger partial charge in [0.05, 0.1) is 0 Å². The van der Waals surface area contributed by atoms with Gasteiger partial charge < -0.3 is 10.2 Å². The maximum atomic E-state index is 12.1. The van der Waals surface area contributed by atoms with E-state index in [9.17, 15) is 8.42 Å². The molecular weight excluding hydrogens is 252 g/mol. The minimum Gasteiger partial charge on any atom is -0.353 e. The van der Waals surface area contributed by atoms with Gasteiger partial charge >= 0.3 is 0 Å². The average molecular weight is 270 g/mol. The third-order valence-corrected chi connectivity index (χ3v) is 4.36. The highest BCUT2D eigenvalue weighted by atomic mass is 32.2. The Labute approximate surface area is 107 Å². The van der Waals surface area contributed by atoms with Gasteiger partial charge in [0, 0.05) is 38.9 Å². The van der Waals surface area contributed by atoms with Gasteiger partial charge in [-0.1, -0.05) is 6.92 Å². The van der Waals surface area contributed by atoms with E-state index in [1.807, 2.05) is 4.90 Å². The predicted molar refractivity (Wildman–Crippen MR) is 70.2 cm³/mol. The van der Waals surface area contributed by atoms with E-state index >= 15 is 0 Å². The molecule has 2 rings (SSSR count). The Balaban J connectivity index is 2.36. The zero-order valence-corrected chi connectivity index (χ0v) is 11.2. The van der Waals surface area contributed by atoms with Crippen LogP contribution >= 0.6 is 0 Å². The normalized spacial score (nSPS) is 16.8. The summed E-state index contributed by atoms with van der Waals surface area (Å²) in [7, 11) is -3.46. The molecular formula is C11H18N4O2S. The maximum Gasteiger partial charge on any atom is 0.244 e. The highest BCUT2D eigenvalue weighted by molar-refractivity contribution is 7.89. The Hall–Kier alpha value is -1.18. The molecule has 18 heavy (non-hydrogen) atoms. The molecule has 1 aromatic rings. The molecule has 2 N–H and O–H groups in total. The van der Waals surface area contributed by atoms with Gasteiger partial charge in [0.25, 0.3) is 0 Å². The van der Waals surface area contributed by atoms with Gasteiger partial charge in [-0.2, -0.15) is 0 Å². The summed E-state index contributed by atoms with van der Waals surface area (Å²) < 4.78 is 26.7. The standard InChI is InChI=1S/C11H18N4O2S/c1-2-14-18(16,17)10-4-3-5-13-11(10)15-8-6-12-7-9-15/h3-5,12,14H,2,6-9H2,1H3. The van der Waals surface area contributed by atoms with E-state index in [0.717, 1.165) is 26.2 Å². The molecule has 100 valence electrons. The van der Waals surface area contributed by atoms with Crippen molar-refractivity contribution in [1.29, 1.82) is 0 Å². The first-order valence-electron chi connectivity index (χ1n) is 6.05. The molecule has 1 saturated heterocycles. The van der Waals surface area contributed by atoms with Crippen LogP contribution in [0, 0.1) is 0 Å². The average Bonchev–Trinajstić information content (AvgIpc) is 2.40. The van der Waals surface area contributed by atoms with Crippen LogP contribution in [0.3, 0.4) is 0 Å². The predicted octanol–water partition coefficient (Wildman–Crippen LogP) is -0.211. The number of nitrogens with one attached hydrogen (secondary N) is 2. The fourth-order valence-corrected chi connectivity index (χ4v) is 3.19. The van der Waals surface area contributed by atoms with Crippen LogP contribution in [0.1, 0.15) is 6.92 Å². The summed E-state index contributed by atoms with van der Waals surface area (Å²) in [6.45, 7) is 5.36. The minimum atomic E-state index is -3.46. The summed E-state index contributed by atoms with van der Waals surface area (Å²) in [5.74, 6) is 0.542. The number of rotatable bonds is 4. The molecule has 1 aliphatic heterocycles. The monoisotopic (exact) mass is 270 g/mol. The molecule has 0 spiro atoms. The lowest BCUT2D eigenvalue weighted by Gasteiger charge is -2.29. The number of nitrogens with zero attached hydrogens (tertiary/aromatic N) is 2. The Kier molecular flexibility index (Phi) is 4.15. The highest BCUT2D eigenvalue weighted by Crippen LogP contribution is 2.22. The van der Waals surface area contributed by atoms with Crippen LogP contribution in [-0.2, 0) is 10.0 Å². The molecule has 0 bridgehead atoms. The van der Waals surface area contributed by atoms with E-state index < -0.39 is 10.0 Å². The molecule has 1 aliphatic rings. The summed E-state index contributed by atoms with van der Waals surface area (Å²) in [4.78, 5) is 6.49. The zero-order valence-electron chi connectivity index (χ0n) is 10.4. The van der Waals surface area contributed by atoms with Gasteiger partial charge in [-0.15, -0.1) is 0 Å². The van der Waals surface area contributed by atoms with Crippen LogP contribution < -0.4 is 14.9 Å². The Morgan fingerprint density at radius 3 is 2.83 bits per heavy atom. The second-order valence-electron chi connectivity index (χ2n) is 4.06. The first-order chi connectivity index (χ1) is 8.65. The van der Waals surface area contributed by atoms with Gasteiger partial charge in [-0.05, 0) is 12.1 Å². The second kappa shape index (κ2) is 5.64. The summed E-state index contributed by atoms with van der Waals surface area (Å²) in [6.07, 6.45) is 1.63. The molecule has 7 heteroatoms. The van der Waals surface area contributed by atoms with Crippen molar-refractivity contribution in [2.75, 3.05) is 37.6 Å². The van der Waals surface area contributed by atoms with E-state index in [4.69, 9.17) is 0 Å². The molecule has 0 saturated carbocycles. The lowest BCUT2D eigenvalue weighted by molar-refractivity contribution is 0.570. The molecule has 1 fully saturated rings. The Morgan fingerprint density at radius 2 is 2.17 bits per heavy atom. The van der Waals surface area contributed by atoms with Crippen molar-refractivity contribution in [2.24, 2.45) is 0 Å². The number of pyridine rings is 1. The molecule has 0 atom stereocenters. The summed E-state index contributed by atoms with van der Waals surface area (Å²) in [5, 5.41) is 3.23. The lowest BCUT2D eigenvalue weighted by atomic mass is 10.3. The maximum absolute atomic E-state index is 12.1. The number of piperazine rings is 1. The molecule has 2 heterocycles. The van der Waals surface area contributed by atoms with Crippen LogP contribution in [0.5, 0.6) is 0 Å². The van der Waals surface area contributed by atoms with Gasteiger partial charge in [-0.3, -0.25) is 0 Å². The quantitative estimate of drug-likeness (QED) is 0.792. The number of hydrogen-bond donors (Lipinski definition) is 2. The number of sulfonamides is 1. The van der Waals surface area contributed by atoms with Crippen molar-refractivity contribution in [3.8, 4) is 0 Å². The Bertz CT molecular complexity index is 498. The first kappa shape index (κ1) is 13.3. The van der Waals surface area contributed by atoms with E-state index in [1.165, 1.54) is 0 Å². The van der Waals surface area contributed by atoms with Gasteiger partial charge in [0.1, 0.15) is 10.7 Å². The van der Waals surface area contributed by atoms with E-state index in [-0.39, 0.29) is 4.90 Å². The van der Waals surface area contributed by atoms with Crippen molar-refractivity contribution in [2.45, 2.75) is 11.8 Å². The molecule has 1 aromatic heterocycles. The SMILES string of the molecule is CCNS(=O)(=O)c1cccnc1N1CCNCC1. The van der Waals surface area contributed by atoms with Crippen molar-refractivity contribution in [1.82, 2.24) is 15.0 Å². The van der Waals surface area contributed by atoms with Crippen molar-refractivity contribution in [3.05, 3.63) is 18.3 Å². The fourth-order valence-electron chi connectivity index (χ4n) is 1.97. The lowest BCUT2D eigenvalue weighted by Crippen LogP contribution is -2.44. The van der Waals surface area contributed by atoms with E-state index in [1.54, 1.807) is 25.3 Å². The Morgan fingerprint density at radius 1 is 1.44 bits per heavy atom. The smallest absolute Gasteiger partial charge is 0.244 e. The van der Waals surface area contributed by atoms with Crippen molar-refractivity contribution in [3.63, 3.8) is 0 Å². The third kappa shape index (κ3) is 2.80. The number of hydrogen-bond acceptors (Lipinski definition) is 5. The van der Waals surface area contributed by atoms with Crippen LogP contribution in [0.25, 0.3) is 0 Å². The van der Waals surface area contributed by atoms with Gasteiger partial charge in [0.2, 0.25) is 10.0 Å². The largest absolute Gasteiger partial charge is 0.353 e. The minimum absolute atomic E-state index is 0.258. The van der Waals surface area contributed by atoms with Gasteiger partial charge in [0.15, 0.2) is 0 Å². The van der Waals surface area contributed by atoms with Crippen LogP contribution in [0.15, 0.2) is 23.2 Å². The summed E-state index contributed by atoms with van der Waals surface area (Å²) in [5.41, 5.74) is 0. The molecule has 0 aliphatic carbocycles. The summed E-state index contributed by atoms with van der Waals surface area (Å²) >= 11 is 0. The molecule has 0 amide bonds. The second-order valence-corrected chi connectivity index (χ2v) is 5.80. The van der Waals surface area contributed by atoms with Crippen LogP contribution in [-0.4, -0.2) is 46.1 Å². The molecule has 0 radical (unpaired) electrons. The first-order valence-corrected chi connectivity index (χ1v) is 7.54. The van der Waals surface area contributed by atoms with E-state index in [0.29, 0.717) is 12.4 Å². The number of anilines is 1. The number of aromatic nitrogens is 1. The van der Waals surface area contributed by atoms with Crippen molar-refractivity contribution < 1.29 is 8.42 Å². The molecule has 6 nitrogen and oxygen atoms in total. The molecule has 0 unspecified atom stereocenters. The van der Waals surface area contributed by atoms with Gasteiger partial charge in [-0.25, -0.2) is 18.1 Å². The fraction of sp³-hybridized carbons (Fsp3) is 0.545. The highest BCUT2D eigenvalue weighted by Gasteiger charge is 2.23.